The number of hydrogen-bond acceptors (Lipinski definition) is 4. The van der Waals surface area contributed by atoms with E-state index in [4.69, 9.17) is 10.5 Å². The molecule has 90 valence electrons. The summed E-state index contributed by atoms with van der Waals surface area (Å²) in [6, 6.07) is 7.89. The summed E-state index contributed by atoms with van der Waals surface area (Å²) in [5, 5.41) is 1.06. The minimum Gasteiger partial charge on any atom is -0.462 e. The lowest BCUT2D eigenvalue weighted by atomic mass is 10.1. The van der Waals surface area contributed by atoms with Crippen molar-refractivity contribution in [1.82, 2.24) is 0 Å². The SMILES string of the molecule is CCOC(=O)c1cc2ccc(C(C)N)cc2s1. The summed E-state index contributed by atoms with van der Waals surface area (Å²) in [7, 11) is 0. The highest BCUT2D eigenvalue weighted by Crippen LogP contribution is 2.28. The van der Waals surface area contributed by atoms with E-state index >= 15 is 0 Å². The van der Waals surface area contributed by atoms with Gasteiger partial charge in [-0.1, -0.05) is 12.1 Å². The average Bonchev–Trinajstić information content (AvgIpc) is 2.71. The molecule has 0 aliphatic rings. The lowest BCUT2D eigenvalue weighted by molar-refractivity contribution is 0.0532. The van der Waals surface area contributed by atoms with E-state index in [1.165, 1.54) is 11.3 Å². The van der Waals surface area contributed by atoms with Crippen molar-refractivity contribution < 1.29 is 9.53 Å². The molecule has 1 aromatic carbocycles. The monoisotopic (exact) mass is 249 g/mol. The van der Waals surface area contributed by atoms with Crippen LogP contribution in [0.15, 0.2) is 24.3 Å². The molecule has 0 saturated heterocycles. The fourth-order valence-corrected chi connectivity index (χ4v) is 2.64. The lowest BCUT2D eigenvalue weighted by Gasteiger charge is -2.04. The molecular formula is C13H15NO2S. The summed E-state index contributed by atoms with van der Waals surface area (Å²) < 4.78 is 6.05. The Hall–Kier alpha value is -1.39. The Morgan fingerprint density at radius 3 is 2.88 bits per heavy atom. The first-order valence-corrected chi connectivity index (χ1v) is 6.39. The zero-order valence-electron chi connectivity index (χ0n) is 9.90. The molecule has 1 heterocycles. The van der Waals surface area contributed by atoms with Gasteiger partial charge in [0.2, 0.25) is 0 Å². The first kappa shape index (κ1) is 12.1. The van der Waals surface area contributed by atoms with Crippen molar-refractivity contribution in [2.45, 2.75) is 19.9 Å². The van der Waals surface area contributed by atoms with E-state index in [0.29, 0.717) is 11.5 Å². The molecule has 0 radical (unpaired) electrons. The van der Waals surface area contributed by atoms with Crippen LogP contribution in [0.4, 0.5) is 0 Å². The molecule has 1 aromatic heterocycles. The third-order valence-corrected chi connectivity index (χ3v) is 3.62. The fourth-order valence-electron chi connectivity index (χ4n) is 1.63. The number of nitrogens with two attached hydrogens (primary N) is 1. The molecule has 0 spiro atoms. The number of benzene rings is 1. The first-order chi connectivity index (χ1) is 8.11. The van der Waals surface area contributed by atoms with Crippen LogP contribution < -0.4 is 5.73 Å². The summed E-state index contributed by atoms with van der Waals surface area (Å²) in [5.74, 6) is -0.254. The normalized spacial score (nSPS) is 12.6. The molecule has 0 fully saturated rings. The van der Waals surface area contributed by atoms with Crippen molar-refractivity contribution in [2.24, 2.45) is 5.73 Å². The Kier molecular flexibility index (Phi) is 3.45. The summed E-state index contributed by atoms with van der Waals surface area (Å²) >= 11 is 1.45. The fraction of sp³-hybridized carbons (Fsp3) is 0.308. The van der Waals surface area contributed by atoms with E-state index in [-0.39, 0.29) is 12.0 Å². The van der Waals surface area contributed by atoms with Gasteiger partial charge in [0.1, 0.15) is 4.88 Å². The van der Waals surface area contributed by atoms with Gasteiger partial charge in [-0.15, -0.1) is 11.3 Å². The van der Waals surface area contributed by atoms with Crippen LogP contribution in [-0.4, -0.2) is 12.6 Å². The maximum Gasteiger partial charge on any atom is 0.348 e. The van der Waals surface area contributed by atoms with Crippen molar-refractivity contribution >= 4 is 27.4 Å². The number of rotatable bonds is 3. The topological polar surface area (TPSA) is 52.3 Å². The highest BCUT2D eigenvalue weighted by Gasteiger charge is 2.11. The van der Waals surface area contributed by atoms with E-state index in [1.54, 1.807) is 6.92 Å². The van der Waals surface area contributed by atoms with Gasteiger partial charge in [-0.3, -0.25) is 0 Å². The molecule has 4 heteroatoms. The van der Waals surface area contributed by atoms with Crippen molar-refractivity contribution in [2.75, 3.05) is 6.61 Å². The predicted octanol–water partition coefficient (Wildman–Crippen LogP) is 3.10. The molecule has 0 amide bonds. The van der Waals surface area contributed by atoms with Crippen LogP contribution in [-0.2, 0) is 4.74 Å². The van der Waals surface area contributed by atoms with Gasteiger partial charge in [0.15, 0.2) is 0 Å². The number of carbonyl (C=O) groups is 1. The number of ether oxygens (including phenoxy) is 1. The van der Waals surface area contributed by atoms with Gasteiger partial charge in [0, 0.05) is 10.7 Å². The average molecular weight is 249 g/mol. The zero-order chi connectivity index (χ0) is 12.4. The number of hydrogen-bond donors (Lipinski definition) is 1. The van der Waals surface area contributed by atoms with E-state index < -0.39 is 0 Å². The molecule has 0 bridgehead atoms. The second kappa shape index (κ2) is 4.85. The Balaban J connectivity index is 2.40. The standard InChI is InChI=1S/C13H15NO2S/c1-3-16-13(15)12-7-10-5-4-9(8(2)14)6-11(10)17-12/h4-8H,3,14H2,1-2H3. The van der Waals surface area contributed by atoms with E-state index in [0.717, 1.165) is 15.6 Å². The van der Waals surface area contributed by atoms with E-state index in [9.17, 15) is 4.79 Å². The van der Waals surface area contributed by atoms with Crippen molar-refractivity contribution in [1.29, 1.82) is 0 Å². The number of fused-ring (bicyclic) bond motifs is 1. The second-order valence-electron chi connectivity index (χ2n) is 3.92. The van der Waals surface area contributed by atoms with Crippen LogP contribution in [0.25, 0.3) is 10.1 Å². The van der Waals surface area contributed by atoms with Crippen LogP contribution in [0.2, 0.25) is 0 Å². The van der Waals surface area contributed by atoms with Gasteiger partial charge in [-0.05, 0) is 36.9 Å². The maximum atomic E-state index is 11.6. The number of thiophene rings is 1. The van der Waals surface area contributed by atoms with Crippen LogP contribution in [0.5, 0.6) is 0 Å². The van der Waals surface area contributed by atoms with Gasteiger partial charge in [0.25, 0.3) is 0 Å². The van der Waals surface area contributed by atoms with Gasteiger partial charge in [-0.2, -0.15) is 0 Å². The highest BCUT2D eigenvalue weighted by molar-refractivity contribution is 7.20. The third kappa shape index (κ3) is 2.48. The van der Waals surface area contributed by atoms with E-state index in [2.05, 4.69) is 0 Å². The zero-order valence-corrected chi connectivity index (χ0v) is 10.7. The number of esters is 1. The molecule has 2 N–H and O–H groups in total. The first-order valence-electron chi connectivity index (χ1n) is 5.58. The Morgan fingerprint density at radius 2 is 2.24 bits per heavy atom. The quantitative estimate of drug-likeness (QED) is 0.850. The van der Waals surface area contributed by atoms with Crippen LogP contribution >= 0.6 is 11.3 Å². The van der Waals surface area contributed by atoms with Crippen LogP contribution in [0, 0.1) is 0 Å². The van der Waals surface area contributed by atoms with Gasteiger partial charge in [0.05, 0.1) is 6.61 Å². The smallest absolute Gasteiger partial charge is 0.348 e. The molecular weight excluding hydrogens is 234 g/mol. The second-order valence-corrected chi connectivity index (χ2v) is 5.00. The minimum atomic E-state index is -0.254. The molecule has 2 rings (SSSR count). The largest absolute Gasteiger partial charge is 0.462 e. The minimum absolute atomic E-state index is 0.00698. The van der Waals surface area contributed by atoms with Crippen LogP contribution in [0.3, 0.4) is 0 Å². The third-order valence-electron chi connectivity index (χ3n) is 2.55. The Bertz CT molecular complexity index is 545. The number of carbonyl (C=O) groups excluding carboxylic acids is 1. The van der Waals surface area contributed by atoms with Gasteiger partial charge >= 0.3 is 5.97 Å². The summed E-state index contributed by atoms with van der Waals surface area (Å²) in [5.41, 5.74) is 6.91. The van der Waals surface area contributed by atoms with Gasteiger partial charge in [-0.25, -0.2) is 4.79 Å². The van der Waals surface area contributed by atoms with Gasteiger partial charge < -0.3 is 10.5 Å². The molecule has 3 nitrogen and oxygen atoms in total. The Morgan fingerprint density at radius 1 is 1.47 bits per heavy atom. The summed E-state index contributed by atoms with van der Waals surface area (Å²) in [4.78, 5) is 12.2. The maximum absolute atomic E-state index is 11.6. The summed E-state index contributed by atoms with van der Waals surface area (Å²) in [6.45, 7) is 4.15. The molecule has 1 unspecified atom stereocenters. The summed E-state index contributed by atoms with van der Waals surface area (Å²) in [6.07, 6.45) is 0. The Labute approximate surface area is 104 Å². The molecule has 17 heavy (non-hydrogen) atoms. The van der Waals surface area contributed by atoms with Crippen molar-refractivity contribution in [3.8, 4) is 0 Å². The molecule has 2 aromatic rings. The van der Waals surface area contributed by atoms with E-state index in [1.807, 2.05) is 31.2 Å². The van der Waals surface area contributed by atoms with Crippen molar-refractivity contribution in [3.05, 3.63) is 34.7 Å². The molecule has 1 atom stereocenters. The molecule has 0 aliphatic heterocycles. The predicted molar refractivity (Wildman–Crippen MR) is 70.4 cm³/mol. The molecule has 0 saturated carbocycles. The van der Waals surface area contributed by atoms with Crippen LogP contribution in [0.1, 0.15) is 35.1 Å². The lowest BCUT2D eigenvalue weighted by Crippen LogP contribution is -2.03. The molecule has 0 aliphatic carbocycles. The van der Waals surface area contributed by atoms with Crippen molar-refractivity contribution in [3.63, 3.8) is 0 Å². The highest BCUT2D eigenvalue weighted by atomic mass is 32.1.